The lowest BCUT2D eigenvalue weighted by molar-refractivity contribution is -0.139. The molecule has 0 aromatic rings. The molecule has 0 saturated carbocycles. The van der Waals surface area contributed by atoms with Gasteiger partial charge in [0.05, 0.1) is 0 Å². The standard InChI is InChI=1S/C14H29N3O3S/c1-10(2)17(11(3)4)8-7-15-14(20)16-12(13(18)19)6-9-21-5/h10-12H,6-9H2,1-5H3,(H,18,19)(H2,15,16,20)/t12-/m1/s1. The number of amides is 2. The molecule has 0 heterocycles. The number of nitrogens with zero attached hydrogens (tertiary/aromatic N) is 1. The summed E-state index contributed by atoms with van der Waals surface area (Å²) in [6.07, 6.45) is 2.33. The van der Waals surface area contributed by atoms with Crippen LogP contribution in [0.2, 0.25) is 0 Å². The predicted octanol–water partition coefficient (Wildman–Crippen LogP) is 1.61. The first kappa shape index (κ1) is 20.1. The Morgan fingerprint density at radius 1 is 1.19 bits per heavy atom. The second-order valence-electron chi connectivity index (χ2n) is 5.50. The second kappa shape index (κ2) is 10.7. The number of nitrogens with one attached hydrogen (secondary N) is 2. The van der Waals surface area contributed by atoms with Crippen LogP contribution in [-0.4, -0.2) is 65.2 Å². The van der Waals surface area contributed by atoms with Crippen molar-refractivity contribution in [1.82, 2.24) is 15.5 Å². The fraction of sp³-hybridized carbons (Fsp3) is 0.857. The van der Waals surface area contributed by atoms with Crippen molar-refractivity contribution in [3.63, 3.8) is 0 Å². The number of carboxylic acid groups (broad SMARTS) is 1. The molecule has 0 aliphatic rings. The number of hydrogen-bond donors (Lipinski definition) is 3. The summed E-state index contributed by atoms with van der Waals surface area (Å²) in [7, 11) is 0. The third kappa shape index (κ3) is 8.83. The van der Waals surface area contributed by atoms with Gasteiger partial charge in [-0.05, 0) is 46.1 Å². The molecule has 0 aromatic carbocycles. The summed E-state index contributed by atoms with van der Waals surface area (Å²) >= 11 is 1.56. The zero-order chi connectivity index (χ0) is 16.4. The Bertz CT molecular complexity index is 317. The van der Waals surface area contributed by atoms with Crippen LogP contribution in [0.4, 0.5) is 4.79 Å². The smallest absolute Gasteiger partial charge is 0.326 e. The molecule has 1 atom stereocenters. The van der Waals surface area contributed by atoms with Crippen molar-refractivity contribution in [2.75, 3.05) is 25.1 Å². The minimum atomic E-state index is -0.995. The first-order valence-electron chi connectivity index (χ1n) is 7.31. The molecule has 124 valence electrons. The molecule has 7 heteroatoms. The van der Waals surface area contributed by atoms with Crippen molar-refractivity contribution >= 4 is 23.8 Å². The van der Waals surface area contributed by atoms with E-state index < -0.39 is 18.0 Å². The van der Waals surface area contributed by atoms with E-state index in [0.29, 0.717) is 30.8 Å². The van der Waals surface area contributed by atoms with E-state index in [2.05, 4.69) is 43.2 Å². The fourth-order valence-corrected chi connectivity index (χ4v) is 2.58. The first-order chi connectivity index (χ1) is 9.79. The van der Waals surface area contributed by atoms with E-state index >= 15 is 0 Å². The van der Waals surface area contributed by atoms with Gasteiger partial charge in [-0.3, -0.25) is 4.90 Å². The fourth-order valence-electron chi connectivity index (χ4n) is 2.11. The Morgan fingerprint density at radius 2 is 1.76 bits per heavy atom. The summed E-state index contributed by atoms with van der Waals surface area (Å²) < 4.78 is 0. The third-order valence-corrected chi connectivity index (χ3v) is 3.84. The van der Waals surface area contributed by atoms with Gasteiger partial charge in [0.1, 0.15) is 6.04 Å². The van der Waals surface area contributed by atoms with E-state index in [1.807, 2.05) is 6.26 Å². The quantitative estimate of drug-likeness (QED) is 0.570. The maximum Gasteiger partial charge on any atom is 0.326 e. The summed E-state index contributed by atoms with van der Waals surface area (Å²) in [6, 6.07) is -0.439. The van der Waals surface area contributed by atoms with E-state index in [1.54, 1.807) is 11.8 Å². The van der Waals surface area contributed by atoms with Gasteiger partial charge >= 0.3 is 12.0 Å². The lowest BCUT2D eigenvalue weighted by atomic mass is 10.2. The van der Waals surface area contributed by atoms with Gasteiger partial charge in [0.15, 0.2) is 0 Å². The maximum atomic E-state index is 11.7. The van der Waals surface area contributed by atoms with Crippen molar-refractivity contribution in [3.05, 3.63) is 0 Å². The predicted molar refractivity (Wildman–Crippen MR) is 87.9 cm³/mol. The van der Waals surface area contributed by atoms with Crippen LogP contribution in [0.1, 0.15) is 34.1 Å². The molecular weight excluding hydrogens is 290 g/mol. The molecule has 0 bridgehead atoms. The normalized spacial score (nSPS) is 12.8. The molecule has 0 aliphatic heterocycles. The van der Waals surface area contributed by atoms with Crippen LogP contribution in [0.25, 0.3) is 0 Å². The van der Waals surface area contributed by atoms with Gasteiger partial charge in [-0.25, -0.2) is 9.59 Å². The highest BCUT2D eigenvalue weighted by atomic mass is 32.2. The van der Waals surface area contributed by atoms with E-state index in [0.717, 1.165) is 6.54 Å². The van der Waals surface area contributed by atoms with Crippen LogP contribution in [0, 0.1) is 0 Å². The van der Waals surface area contributed by atoms with Crippen molar-refractivity contribution in [2.45, 2.75) is 52.2 Å². The van der Waals surface area contributed by atoms with Gasteiger partial charge in [0.2, 0.25) is 0 Å². The number of carbonyl (C=O) groups is 2. The van der Waals surface area contributed by atoms with Crippen LogP contribution >= 0.6 is 11.8 Å². The zero-order valence-electron chi connectivity index (χ0n) is 13.7. The number of rotatable bonds is 10. The van der Waals surface area contributed by atoms with Crippen molar-refractivity contribution < 1.29 is 14.7 Å². The highest BCUT2D eigenvalue weighted by Gasteiger charge is 2.19. The average Bonchev–Trinajstić information content (AvgIpc) is 2.38. The van der Waals surface area contributed by atoms with Crippen molar-refractivity contribution in [3.8, 4) is 0 Å². The van der Waals surface area contributed by atoms with E-state index in [4.69, 9.17) is 5.11 Å². The molecule has 0 saturated heterocycles. The Morgan fingerprint density at radius 3 is 2.19 bits per heavy atom. The van der Waals surface area contributed by atoms with Gasteiger partial charge in [-0.2, -0.15) is 11.8 Å². The number of carboxylic acids is 1. The van der Waals surface area contributed by atoms with Crippen molar-refractivity contribution in [1.29, 1.82) is 0 Å². The van der Waals surface area contributed by atoms with Gasteiger partial charge < -0.3 is 15.7 Å². The highest BCUT2D eigenvalue weighted by molar-refractivity contribution is 7.98. The average molecular weight is 319 g/mol. The molecule has 0 spiro atoms. The van der Waals surface area contributed by atoms with E-state index in [1.165, 1.54) is 0 Å². The molecular formula is C14H29N3O3S. The molecule has 0 fully saturated rings. The molecule has 0 aliphatic carbocycles. The SMILES string of the molecule is CSCC[C@@H](NC(=O)NCCN(C(C)C)C(C)C)C(=O)O. The highest BCUT2D eigenvalue weighted by Crippen LogP contribution is 2.03. The van der Waals surface area contributed by atoms with Crippen LogP contribution in [0.3, 0.4) is 0 Å². The molecule has 0 unspecified atom stereocenters. The van der Waals surface area contributed by atoms with Crippen molar-refractivity contribution in [2.24, 2.45) is 0 Å². The van der Waals surface area contributed by atoms with Gasteiger partial charge in [-0.1, -0.05) is 0 Å². The van der Waals surface area contributed by atoms with Gasteiger partial charge in [0.25, 0.3) is 0 Å². The third-order valence-electron chi connectivity index (χ3n) is 3.20. The topological polar surface area (TPSA) is 81.7 Å². The number of hydrogen-bond acceptors (Lipinski definition) is 4. The monoisotopic (exact) mass is 319 g/mol. The van der Waals surface area contributed by atoms with E-state index in [-0.39, 0.29) is 0 Å². The van der Waals surface area contributed by atoms with Crippen LogP contribution in [0.15, 0.2) is 0 Å². The van der Waals surface area contributed by atoms with Gasteiger partial charge in [-0.15, -0.1) is 0 Å². The Kier molecular flexibility index (Phi) is 10.2. The number of urea groups is 1. The van der Waals surface area contributed by atoms with Gasteiger partial charge in [0, 0.05) is 25.2 Å². The Labute approximate surface area is 132 Å². The molecule has 0 aromatic heterocycles. The lowest BCUT2D eigenvalue weighted by Gasteiger charge is -2.30. The summed E-state index contributed by atoms with van der Waals surface area (Å²) in [5.74, 6) is -0.295. The summed E-state index contributed by atoms with van der Waals surface area (Å²) in [6.45, 7) is 9.69. The van der Waals surface area contributed by atoms with E-state index in [9.17, 15) is 9.59 Å². The Balaban J connectivity index is 4.15. The van der Waals surface area contributed by atoms with Crippen LogP contribution in [0.5, 0.6) is 0 Å². The largest absolute Gasteiger partial charge is 0.480 e. The molecule has 6 nitrogen and oxygen atoms in total. The van der Waals surface area contributed by atoms with Crippen LogP contribution < -0.4 is 10.6 Å². The molecule has 0 radical (unpaired) electrons. The number of carbonyl (C=O) groups excluding carboxylic acids is 1. The van der Waals surface area contributed by atoms with Crippen LogP contribution in [-0.2, 0) is 4.79 Å². The molecule has 2 amide bonds. The summed E-state index contributed by atoms with van der Waals surface area (Å²) in [4.78, 5) is 25.0. The molecule has 3 N–H and O–H groups in total. The lowest BCUT2D eigenvalue weighted by Crippen LogP contribution is -2.49. The number of aliphatic carboxylic acids is 1. The summed E-state index contributed by atoms with van der Waals surface area (Å²) in [5.41, 5.74) is 0. The molecule has 21 heavy (non-hydrogen) atoms. The maximum absolute atomic E-state index is 11.7. The zero-order valence-corrected chi connectivity index (χ0v) is 14.5. The molecule has 0 rings (SSSR count). The minimum Gasteiger partial charge on any atom is -0.480 e. The minimum absolute atomic E-state index is 0.406. The second-order valence-corrected chi connectivity index (χ2v) is 6.48. The Hall–Kier alpha value is -0.950. The first-order valence-corrected chi connectivity index (χ1v) is 8.70. The number of thioether (sulfide) groups is 1. The summed E-state index contributed by atoms with van der Waals surface area (Å²) in [5, 5.41) is 14.3.